The van der Waals surface area contributed by atoms with Gasteiger partial charge in [0, 0.05) is 32.0 Å². The molecule has 0 spiro atoms. The van der Waals surface area contributed by atoms with E-state index in [0.717, 1.165) is 48.4 Å². The number of imidazole rings is 1. The second kappa shape index (κ2) is 10.7. The van der Waals surface area contributed by atoms with Gasteiger partial charge in [0.1, 0.15) is 11.6 Å². The van der Waals surface area contributed by atoms with E-state index in [1.54, 1.807) is 6.08 Å². The zero-order chi connectivity index (χ0) is 23.2. The number of carbonyl (C=O) groups is 1. The topological polar surface area (TPSA) is 47.4 Å². The van der Waals surface area contributed by atoms with Crippen LogP contribution in [0.5, 0.6) is 5.75 Å². The molecule has 1 amide bonds. The minimum Gasteiger partial charge on any atom is -0.494 e. The summed E-state index contributed by atoms with van der Waals surface area (Å²) in [6.45, 7) is 11.1. The van der Waals surface area contributed by atoms with E-state index in [1.165, 1.54) is 5.56 Å². The van der Waals surface area contributed by atoms with Gasteiger partial charge in [-0.25, -0.2) is 4.98 Å². The summed E-state index contributed by atoms with van der Waals surface area (Å²) in [5.74, 6) is 2.86. The smallest absolute Gasteiger partial charge is 0.223 e. The summed E-state index contributed by atoms with van der Waals surface area (Å²) in [5, 5.41) is 0. The maximum absolute atomic E-state index is 12.4. The predicted molar refractivity (Wildman–Crippen MR) is 134 cm³/mol. The monoisotopic (exact) mass is 445 g/mol. The van der Waals surface area contributed by atoms with Gasteiger partial charge in [0.15, 0.2) is 0 Å². The molecule has 0 radical (unpaired) electrons. The zero-order valence-corrected chi connectivity index (χ0v) is 19.9. The number of rotatable bonds is 11. The highest BCUT2D eigenvalue weighted by Crippen LogP contribution is 2.30. The summed E-state index contributed by atoms with van der Waals surface area (Å²) in [6.07, 6.45) is 5.42. The maximum Gasteiger partial charge on any atom is 0.223 e. The summed E-state index contributed by atoms with van der Waals surface area (Å²) >= 11 is 0. The number of hydrogen-bond donors (Lipinski definition) is 0. The quantitative estimate of drug-likeness (QED) is 0.272. The van der Waals surface area contributed by atoms with Crippen LogP contribution in [0.4, 0.5) is 0 Å². The molecule has 0 N–H and O–H groups in total. The largest absolute Gasteiger partial charge is 0.494 e. The first kappa shape index (κ1) is 23.1. The van der Waals surface area contributed by atoms with Crippen LogP contribution in [-0.4, -0.2) is 40.1 Å². The van der Waals surface area contributed by atoms with E-state index < -0.39 is 0 Å². The van der Waals surface area contributed by atoms with E-state index in [9.17, 15) is 4.79 Å². The Balaban J connectivity index is 1.37. The van der Waals surface area contributed by atoms with Crippen LogP contribution >= 0.6 is 0 Å². The number of aromatic nitrogens is 2. The van der Waals surface area contributed by atoms with Crippen molar-refractivity contribution < 1.29 is 9.53 Å². The van der Waals surface area contributed by atoms with Gasteiger partial charge in [0.2, 0.25) is 5.91 Å². The molecule has 1 fully saturated rings. The number of aryl methyl sites for hydroxylation is 1. The third kappa shape index (κ3) is 5.29. The Bertz CT molecular complexity index is 1090. The molecule has 3 aromatic rings. The lowest BCUT2D eigenvalue weighted by Crippen LogP contribution is -2.25. The number of hydrogen-bond acceptors (Lipinski definition) is 3. The van der Waals surface area contributed by atoms with Gasteiger partial charge in [-0.2, -0.15) is 0 Å². The van der Waals surface area contributed by atoms with Crippen molar-refractivity contribution in [3.63, 3.8) is 0 Å². The average molecular weight is 446 g/mol. The molecule has 2 unspecified atom stereocenters. The Labute approximate surface area is 197 Å². The number of unbranched alkanes of at least 4 members (excludes halogenated alkanes) is 1. The standard InChI is InChI=1S/C28H35N3O2/c1-4-16-30-20-23(19-27(30)32)28-29-25-10-6-7-11-26(25)31(28)17-8-9-18-33-24-14-12-22(13-15-24)21(3)5-2/h4,6-7,10-15,21,23H,1,5,8-9,16-20H2,2-3H3. The second-order valence-electron chi connectivity index (χ2n) is 9.03. The van der Waals surface area contributed by atoms with E-state index in [-0.39, 0.29) is 11.8 Å². The molecule has 1 aliphatic heterocycles. The Hall–Kier alpha value is -3.08. The summed E-state index contributed by atoms with van der Waals surface area (Å²) in [5.41, 5.74) is 3.50. The number of benzene rings is 2. The fourth-order valence-corrected chi connectivity index (χ4v) is 4.61. The highest BCUT2D eigenvalue weighted by Gasteiger charge is 2.33. The molecule has 2 heterocycles. The molecule has 33 heavy (non-hydrogen) atoms. The van der Waals surface area contributed by atoms with Crippen molar-refractivity contribution in [2.24, 2.45) is 0 Å². The Kier molecular flexibility index (Phi) is 7.48. The molecule has 1 saturated heterocycles. The van der Waals surface area contributed by atoms with Crippen LogP contribution < -0.4 is 4.74 Å². The summed E-state index contributed by atoms with van der Waals surface area (Å²) in [7, 11) is 0. The molecule has 1 aromatic heterocycles. The second-order valence-corrected chi connectivity index (χ2v) is 9.03. The van der Waals surface area contributed by atoms with Crippen molar-refractivity contribution in [1.29, 1.82) is 0 Å². The van der Waals surface area contributed by atoms with Crippen molar-refractivity contribution in [3.05, 3.63) is 72.6 Å². The molecule has 0 saturated carbocycles. The number of para-hydroxylation sites is 2. The first-order chi connectivity index (χ1) is 16.1. The zero-order valence-electron chi connectivity index (χ0n) is 19.9. The van der Waals surface area contributed by atoms with Crippen LogP contribution in [0.3, 0.4) is 0 Å². The Morgan fingerprint density at radius 1 is 1.18 bits per heavy atom. The third-order valence-corrected chi connectivity index (χ3v) is 6.72. The van der Waals surface area contributed by atoms with E-state index in [1.807, 2.05) is 11.0 Å². The molecule has 174 valence electrons. The van der Waals surface area contributed by atoms with Gasteiger partial charge in [-0.05, 0) is 55.0 Å². The highest BCUT2D eigenvalue weighted by atomic mass is 16.5. The van der Waals surface area contributed by atoms with E-state index >= 15 is 0 Å². The van der Waals surface area contributed by atoms with Crippen molar-refractivity contribution in [3.8, 4) is 5.75 Å². The third-order valence-electron chi connectivity index (χ3n) is 6.72. The lowest BCUT2D eigenvalue weighted by Gasteiger charge is -2.16. The van der Waals surface area contributed by atoms with Gasteiger partial charge in [0.25, 0.3) is 0 Å². The van der Waals surface area contributed by atoms with Gasteiger partial charge in [-0.15, -0.1) is 6.58 Å². The van der Waals surface area contributed by atoms with E-state index in [4.69, 9.17) is 9.72 Å². The van der Waals surface area contributed by atoms with Gasteiger partial charge >= 0.3 is 0 Å². The fraction of sp³-hybridized carbons (Fsp3) is 0.429. The van der Waals surface area contributed by atoms with E-state index in [0.29, 0.717) is 32.0 Å². The first-order valence-corrected chi connectivity index (χ1v) is 12.2. The number of ether oxygens (including phenoxy) is 1. The first-order valence-electron chi connectivity index (χ1n) is 12.2. The van der Waals surface area contributed by atoms with Gasteiger partial charge in [-0.1, -0.05) is 44.2 Å². The number of nitrogens with zero attached hydrogens (tertiary/aromatic N) is 3. The van der Waals surface area contributed by atoms with Crippen LogP contribution in [0, 0.1) is 0 Å². The van der Waals surface area contributed by atoms with Crippen molar-refractivity contribution in [2.45, 2.75) is 57.9 Å². The summed E-state index contributed by atoms with van der Waals surface area (Å²) in [4.78, 5) is 19.2. The van der Waals surface area contributed by atoms with Crippen LogP contribution in [0.25, 0.3) is 11.0 Å². The SMILES string of the molecule is C=CCN1CC(c2nc3ccccc3n2CCCCOc2ccc(C(C)CC)cc2)CC1=O. The normalized spacial score (nSPS) is 17.0. The molecule has 0 aliphatic carbocycles. The molecular formula is C28H35N3O2. The minimum absolute atomic E-state index is 0.130. The minimum atomic E-state index is 0.130. The van der Waals surface area contributed by atoms with Gasteiger partial charge < -0.3 is 14.2 Å². The van der Waals surface area contributed by atoms with Crippen LogP contribution in [-0.2, 0) is 11.3 Å². The Morgan fingerprint density at radius 3 is 2.73 bits per heavy atom. The summed E-state index contributed by atoms with van der Waals surface area (Å²) < 4.78 is 8.29. The number of amides is 1. The molecule has 4 rings (SSSR count). The lowest BCUT2D eigenvalue weighted by atomic mass is 9.99. The number of likely N-dealkylation sites (tertiary alicyclic amines) is 1. The average Bonchev–Trinajstić information content (AvgIpc) is 3.39. The maximum atomic E-state index is 12.4. The van der Waals surface area contributed by atoms with Crippen LogP contribution in [0.15, 0.2) is 61.2 Å². The molecule has 5 heteroatoms. The van der Waals surface area contributed by atoms with Gasteiger partial charge in [0.05, 0.1) is 17.6 Å². The molecular weight excluding hydrogens is 410 g/mol. The molecule has 1 aliphatic rings. The predicted octanol–water partition coefficient (Wildman–Crippen LogP) is 5.91. The van der Waals surface area contributed by atoms with Crippen molar-refractivity contribution in [1.82, 2.24) is 14.5 Å². The molecule has 2 aromatic carbocycles. The van der Waals surface area contributed by atoms with Crippen molar-refractivity contribution >= 4 is 16.9 Å². The Morgan fingerprint density at radius 2 is 1.97 bits per heavy atom. The van der Waals surface area contributed by atoms with Crippen LogP contribution in [0.2, 0.25) is 0 Å². The molecule has 5 nitrogen and oxygen atoms in total. The fourth-order valence-electron chi connectivity index (χ4n) is 4.61. The summed E-state index contributed by atoms with van der Waals surface area (Å²) in [6, 6.07) is 16.8. The van der Waals surface area contributed by atoms with Crippen LogP contribution in [0.1, 0.15) is 62.8 Å². The number of carbonyl (C=O) groups excluding carboxylic acids is 1. The highest BCUT2D eigenvalue weighted by molar-refractivity contribution is 5.81. The number of fused-ring (bicyclic) bond motifs is 1. The molecule has 2 atom stereocenters. The molecule has 0 bridgehead atoms. The van der Waals surface area contributed by atoms with Crippen molar-refractivity contribution in [2.75, 3.05) is 19.7 Å². The lowest BCUT2D eigenvalue weighted by molar-refractivity contribution is -0.127. The van der Waals surface area contributed by atoms with Gasteiger partial charge in [-0.3, -0.25) is 4.79 Å². The van der Waals surface area contributed by atoms with E-state index in [2.05, 4.69) is 67.5 Å².